The molecule has 0 heterocycles. The fraction of sp³-hybridized carbons (Fsp3) is 0.409. The largest absolute Gasteiger partial charge is 0.480 e. The number of aliphatic hydroxyl groups is 1. The summed E-state index contributed by atoms with van der Waals surface area (Å²) in [5.74, 6) is -1.15. The van der Waals surface area contributed by atoms with E-state index in [0.29, 0.717) is 17.7 Å². The van der Waals surface area contributed by atoms with Gasteiger partial charge in [0.2, 0.25) is 0 Å². The van der Waals surface area contributed by atoms with Gasteiger partial charge in [-0.15, -0.1) is 0 Å². The van der Waals surface area contributed by atoms with E-state index in [1.807, 2.05) is 49.4 Å². The summed E-state index contributed by atoms with van der Waals surface area (Å²) < 4.78 is 14.9. The van der Waals surface area contributed by atoms with E-state index in [4.69, 9.17) is 0 Å². The first-order valence-corrected chi connectivity index (χ1v) is 10.5. The molecule has 0 saturated heterocycles. The SMILES string of the molecule is Cc1ccc(S(=O)N(CC(C)(C)O)C2(C(=O)O)CC2Cc2ccccc2)cc1. The third-order valence-electron chi connectivity index (χ3n) is 5.17. The van der Waals surface area contributed by atoms with Crippen molar-refractivity contribution in [1.29, 1.82) is 0 Å². The van der Waals surface area contributed by atoms with E-state index in [-0.39, 0.29) is 12.5 Å². The Balaban J connectivity index is 1.94. The molecule has 0 spiro atoms. The highest BCUT2D eigenvalue weighted by Gasteiger charge is 2.66. The number of carboxylic acid groups (broad SMARTS) is 1. The van der Waals surface area contributed by atoms with Crippen LogP contribution in [0.2, 0.25) is 0 Å². The number of benzene rings is 2. The van der Waals surface area contributed by atoms with Crippen molar-refractivity contribution in [3.63, 3.8) is 0 Å². The first-order valence-electron chi connectivity index (χ1n) is 9.39. The molecule has 150 valence electrons. The van der Waals surface area contributed by atoms with Gasteiger partial charge in [-0.05, 0) is 57.2 Å². The van der Waals surface area contributed by atoms with Crippen LogP contribution in [-0.4, -0.2) is 42.4 Å². The molecule has 3 rings (SSSR count). The van der Waals surface area contributed by atoms with Crippen molar-refractivity contribution >= 4 is 17.0 Å². The van der Waals surface area contributed by atoms with Gasteiger partial charge in [0.25, 0.3) is 0 Å². The van der Waals surface area contributed by atoms with Gasteiger partial charge in [0.05, 0.1) is 10.5 Å². The van der Waals surface area contributed by atoms with Gasteiger partial charge in [0, 0.05) is 6.54 Å². The second-order valence-electron chi connectivity index (χ2n) is 8.23. The molecular weight excluding hydrogens is 374 g/mol. The molecule has 3 unspecified atom stereocenters. The van der Waals surface area contributed by atoms with Crippen molar-refractivity contribution in [3.8, 4) is 0 Å². The summed E-state index contributed by atoms with van der Waals surface area (Å²) in [6.45, 7) is 5.16. The van der Waals surface area contributed by atoms with Crippen LogP contribution in [0.4, 0.5) is 0 Å². The van der Waals surface area contributed by atoms with Gasteiger partial charge in [0.15, 0.2) is 0 Å². The van der Waals surface area contributed by atoms with Crippen LogP contribution < -0.4 is 0 Å². The lowest BCUT2D eigenvalue weighted by atomic mass is 10.0. The average molecular weight is 402 g/mol. The number of carbonyl (C=O) groups is 1. The van der Waals surface area contributed by atoms with Crippen LogP contribution in [0.15, 0.2) is 59.5 Å². The molecule has 1 saturated carbocycles. The van der Waals surface area contributed by atoms with Crippen LogP contribution in [-0.2, 0) is 22.2 Å². The highest BCUT2D eigenvalue weighted by atomic mass is 32.2. The minimum absolute atomic E-state index is 0.00504. The molecule has 1 fully saturated rings. The minimum Gasteiger partial charge on any atom is -0.480 e. The molecule has 28 heavy (non-hydrogen) atoms. The van der Waals surface area contributed by atoms with Crippen molar-refractivity contribution < 1.29 is 19.2 Å². The molecule has 5 nitrogen and oxygen atoms in total. The number of hydrogen-bond donors (Lipinski definition) is 2. The van der Waals surface area contributed by atoms with Crippen LogP contribution in [0, 0.1) is 12.8 Å². The molecule has 0 bridgehead atoms. The van der Waals surface area contributed by atoms with Gasteiger partial charge in [-0.25, -0.2) is 8.51 Å². The van der Waals surface area contributed by atoms with E-state index in [2.05, 4.69) is 0 Å². The van der Waals surface area contributed by atoms with Crippen LogP contribution in [0.5, 0.6) is 0 Å². The second-order valence-corrected chi connectivity index (χ2v) is 9.64. The highest BCUT2D eigenvalue weighted by Crippen LogP contribution is 2.52. The zero-order valence-corrected chi connectivity index (χ0v) is 17.3. The maximum absolute atomic E-state index is 13.4. The van der Waals surface area contributed by atoms with Crippen LogP contribution >= 0.6 is 0 Å². The molecule has 6 heteroatoms. The number of carboxylic acids is 1. The van der Waals surface area contributed by atoms with Gasteiger partial charge in [-0.2, -0.15) is 0 Å². The van der Waals surface area contributed by atoms with Crippen molar-refractivity contribution in [2.24, 2.45) is 5.92 Å². The molecule has 0 aromatic heterocycles. The summed E-state index contributed by atoms with van der Waals surface area (Å²) in [6.07, 6.45) is 1.01. The Hall–Kier alpha value is -2.02. The van der Waals surface area contributed by atoms with E-state index < -0.39 is 28.1 Å². The molecule has 0 amide bonds. The van der Waals surface area contributed by atoms with E-state index in [1.165, 1.54) is 4.31 Å². The molecular formula is C22H27NO4S. The molecule has 2 N–H and O–H groups in total. The van der Waals surface area contributed by atoms with E-state index in [9.17, 15) is 19.2 Å². The minimum atomic E-state index is -1.69. The average Bonchev–Trinajstić information content (AvgIpc) is 3.35. The number of rotatable bonds is 8. The first kappa shape index (κ1) is 20.7. The Morgan fingerprint density at radius 2 is 1.79 bits per heavy atom. The van der Waals surface area contributed by atoms with Gasteiger partial charge in [0.1, 0.15) is 16.5 Å². The zero-order valence-electron chi connectivity index (χ0n) is 16.5. The van der Waals surface area contributed by atoms with Crippen molar-refractivity contribution in [2.45, 2.75) is 49.6 Å². The monoisotopic (exact) mass is 401 g/mol. The lowest BCUT2D eigenvalue weighted by Gasteiger charge is -2.33. The normalized spacial score (nSPS) is 22.8. The van der Waals surface area contributed by atoms with Crippen molar-refractivity contribution in [3.05, 3.63) is 65.7 Å². The molecule has 3 atom stereocenters. The third-order valence-corrected chi connectivity index (χ3v) is 6.70. The van der Waals surface area contributed by atoms with E-state index >= 15 is 0 Å². The number of β-amino-alcohol motifs (C(OH)–C–C–N with tert-alkyl or cyclic N) is 1. The molecule has 1 aliphatic rings. The van der Waals surface area contributed by atoms with Crippen LogP contribution in [0.25, 0.3) is 0 Å². The summed E-state index contributed by atoms with van der Waals surface area (Å²) in [5, 5.41) is 20.5. The van der Waals surface area contributed by atoms with Gasteiger partial charge in [-0.3, -0.25) is 4.79 Å². The second kappa shape index (κ2) is 7.78. The summed E-state index contributed by atoms with van der Waals surface area (Å²) in [7, 11) is -1.69. The Kier molecular flexibility index (Phi) is 5.75. The Morgan fingerprint density at radius 3 is 2.32 bits per heavy atom. The smallest absolute Gasteiger partial charge is 0.325 e. The lowest BCUT2D eigenvalue weighted by Crippen LogP contribution is -2.52. The summed E-state index contributed by atoms with van der Waals surface area (Å²) >= 11 is 0. The van der Waals surface area contributed by atoms with Crippen LogP contribution in [0.3, 0.4) is 0 Å². The molecule has 1 aliphatic carbocycles. The zero-order chi connectivity index (χ0) is 20.5. The molecule has 2 aromatic carbocycles. The standard InChI is InChI=1S/C22H27NO4S/c1-16-9-11-19(12-10-16)28(27)23(15-21(2,3)26)22(20(24)25)14-18(22)13-17-7-5-4-6-8-17/h4-12,18,26H,13-15H2,1-3H3,(H,24,25). The fourth-order valence-electron chi connectivity index (χ4n) is 3.61. The predicted molar refractivity (Wildman–Crippen MR) is 109 cm³/mol. The Labute approximate surface area is 168 Å². The third kappa shape index (κ3) is 4.35. The summed E-state index contributed by atoms with van der Waals surface area (Å²) in [5.41, 5.74) is -0.329. The van der Waals surface area contributed by atoms with Crippen molar-refractivity contribution in [2.75, 3.05) is 6.54 Å². The Morgan fingerprint density at radius 1 is 1.18 bits per heavy atom. The fourth-order valence-corrected chi connectivity index (χ4v) is 5.27. The number of aryl methyl sites for hydroxylation is 1. The lowest BCUT2D eigenvalue weighted by molar-refractivity contribution is -0.144. The first-order chi connectivity index (χ1) is 13.1. The maximum Gasteiger partial charge on any atom is 0.325 e. The number of hydrogen-bond acceptors (Lipinski definition) is 3. The van der Waals surface area contributed by atoms with Crippen LogP contribution in [0.1, 0.15) is 31.4 Å². The topological polar surface area (TPSA) is 77.8 Å². The molecule has 0 radical (unpaired) electrons. The van der Waals surface area contributed by atoms with E-state index in [1.54, 1.807) is 26.0 Å². The van der Waals surface area contributed by atoms with Gasteiger partial charge in [-0.1, -0.05) is 48.0 Å². The highest BCUT2D eigenvalue weighted by molar-refractivity contribution is 7.82. The van der Waals surface area contributed by atoms with Gasteiger partial charge >= 0.3 is 5.97 Å². The number of nitrogens with zero attached hydrogens (tertiary/aromatic N) is 1. The predicted octanol–water partition coefficient (Wildman–Crippen LogP) is 3.18. The Bertz CT molecular complexity index is 860. The quantitative estimate of drug-likeness (QED) is 0.712. The molecule has 2 aromatic rings. The number of aliphatic carboxylic acids is 1. The summed E-state index contributed by atoms with van der Waals surface area (Å²) in [6, 6.07) is 17.0. The van der Waals surface area contributed by atoms with Gasteiger partial charge < -0.3 is 10.2 Å². The van der Waals surface area contributed by atoms with E-state index in [0.717, 1.165) is 11.1 Å². The molecule has 0 aliphatic heterocycles. The summed E-state index contributed by atoms with van der Waals surface area (Å²) in [4.78, 5) is 12.9. The van der Waals surface area contributed by atoms with Crippen molar-refractivity contribution in [1.82, 2.24) is 4.31 Å². The maximum atomic E-state index is 13.4.